The minimum Gasteiger partial charge on any atom is -0.397 e. The van der Waals surface area contributed by atoms with Crippen LogP contribution >= 0.6 is 11.3 Å². The molecule has 4 aromatic rings. The quantitative estimate of drug-likeness (QED) is 0.505. The van der Waals surface area contributed by atoms with Crippen LogP contribution in [0, 0.1) is 0 Å². The molecule has 10 heteroatoms. The highest BCUT2D eigenvalue weighted by atomic mass is 32.1. The van der Waals surface area contributed by atoms with Crippen LogP contribution < -0.4 is 11.1 Å². The van der Waals surface area contributed by atoms with Gasteiger partial charge in [0, 0.05) is 42.3 Å². The highest BCUT2D eigenvalue weighted by molar-refractivity contribution is 7.21. The van der Waals surface area contributed by atoms with Gasteiger partial charge in [0.25, 0.3) is 5.91 Å². The van der Waals surface area contributed by atoms with Crippen molar-refractivity contribution in [1.82, 2.24) is 20.3 Å². The lowest BCUT2D eigenvalue weighted by Gasteiger charge is -2.11. The number of alkyl halides is 3. The summed E-state index contributed by atoms with van der Waals surface area (Å²) in [4.78, 5) is 24.8. The zero-order valence-corrected chi connectivity index (χ0v) is 16.1. The van der Waals surface area contributed by atoms with E-state index in [-0.39, 0.29) is 33.0 Å². The summed E-state index contributed by atoms with van der Waals surface area (Å²) in [5.74, 6) is -0.571. The molecule has 0 saturated heterocycles. The predicted octanol–water partition coefficient (Wildman–Crippen LogP) is 4.28. The van der Waals surface area contributed by atoms with Crippen molar-refractivity contribution in [2.75, 3.05) is 5.73 Å². The first kappa shape index (κ1) is 19.8. The molecule has 0 unspecified atom stereocenters. The van der Waals surface area contributed by atoms with E-state index in [1.54, 1.807) is 36.7 Å². The molecular formula is C20H14F3N5OS. The van der Waals surface area contributed by atoms with Crippen molar-refractivity contribution in [2.24, 2.45) is 0 Å². The molecule has 3 N–H and O–H groups in total. The first-order chi connectivity index (χ1) is 14.3. The lowest BCUT2D eigenvalue weighted by molar-refractivity contribution is -0.136. The van der Waals surface area contributed by atoms with Crippen LogP contribution in [0.4, 0.5) is 18.9 Å². The molecule has 0 spiro atoms. The number of amides is 1. The third-order valence-electron chi connectivity index (χ3n) is 4.36. The van der Waals surface area contributed by atoms with E-state index in [0.29, 0.717) is 5.56 Å². The molecule has 30 heavy (non-hydrogen) atoms. The number of hydrogen-bond donors (Lipinski definition) is 2. The zero-order chi connectivity index (χ0) is 21.3. The van der Waals surface area contributed by atoms with Crippen LogP contribution in [0.25, 0.3) is 21.5 Å². The highest BCUT2D eigenvalue weighted by Crippen LogP contribution is 2.43. The topological polar surface area (TPSA) is 93.8 Å². The van der Waals surface area contributed by atoms with Gasteiger partial charge in [-0.15, -0.1) is 11.3 Å². The average Bonchev–Trinajstić information content (AvgIpc) is 3.08. The SMILES string of the molecule is Nc1c(C(=O)NCc2cccnc2)sc2nc(-c3ccncc3)cc(C(F)(F)F)c12. The summed E-state index contributed by atoms with van der Waals surface area (Å²) < 4.78 is 41.3. The number of nitrogen functional groups attached to an aromatic ring is 1. The summed E-state index contributed by atoms with van der Waals surface area (Å²) in [6, 6.07) is 7.55. The molecule has 0 radical (unpaired) electrons. The van der Waals surface area contributed by atoms with Gasteiger partial charge >= 0.3 is 6.18 Å². The summed E-state index contributed by atoms with van der Waals surface area (Å²) in [6.45, 7) is 0.169. The van der Waals surface area contributed by atoms with E-state index in [4.69, 9.17) is 5.73 Å². The molecule has 0 aliphatic carbocycles. The van der Waals surface area contributed by atoms with Gasteiger partial charge in [0.15, 0.2) is 0 Å². The summed E-state index contributed by atoms with van der Waals surface area (Å²) in [5.41, 5.74) is 6.17. The van der Waals surface area contributed by atoms with Crippen molar-refractivity contribution in [2.45, 2.75) is 12.7 Å². The van der Waals surface area contributed by atoms with Gasteiger partial charge in [0.05, 0.1) is 16.9 Å². The number of thiophene rings is 1. The van der Waals surface area contributed by atoms with E-state index < -0.39 is 17.6 Å². The number of nitrogens with zero attached hydrogens (tertiary/aromatic N) is 3. The number of hydrogen-bond acceptors (Lipinski definition) is 6. The highest BCUT2D eigenvalue weighted by Gasteiger charge is 2.36. The molecule has 0 aliphatic rings. The smallest absolute Gasteiger partial charge is 0.397 e. The minimum atomic E-state index is -4.67. The van der Waals surface area contributed by atoms with Gasteiger partial charge in [0.2, 0.25) is 0 Å². The second-order valence-corrected chi connectivity index (χ2v) is 7.36. The Morgan fingerprint density at radius 2 is 1.90 bits per heavy atom. The fourth-order valence-corrected chi connectivity index (χ4v) is 3.99. The standard InChI is InChI=1S/C20H14F3N5OS/c21-20(22,23)13-8-14(12-3-6-25-7-4-12)28-19-15(13)16(24)17(30-19)18(29)27-10-11-2-1-5-26-9-11/h1-9H,10,24H2,(H,27,29). The van der Waals surface area contributed by atoms with Crippen molar-refractivity contribution >= 4 is 33.1 Å². The maximum Gasteiger partial charge on any atom is 0.417 e. The Kier molecular flexibility index (Phi) is 5.08. The number of carbonyl (C=O) groups excluding carboxylic acids is 1. The van der Waals surface area contributed by atoms with E-state index in [1.807, 2.05) is 0 Å². The number of fused-ring (bicyclic) bond motifs is 1. The van der Waals surface area contributed by atoms with Gasteiger partial charge in [-0.1, -0.05) is 6.07 Å². The number of nitrogens with two attached hydrogens (primary N) is 1. The number of pyridine rings is 3. The number of halogens is 3. The van der Waals surface area contributed by atoms with Crippen molar-refractivity contribution in [3.05, 3.63) is 71.1 Å². The van der Waals surface area contributed by atoms with Crippen LogP contribution in [0.5, 0.6) is 0 Å². The summed E-state index contributed by atoms with van der Waals surface area (Å²) >= 11 is 0.827. The Balaban J connectivity index is 1.77. The third-order valence-corrected chi connectivity index (χ3v) is 5.46. The molecule has 4 aromatic heterocycles. The minimum absolute atomic E-state index is 0.0150. The fraction of sp³-hybridized carbons (Fsp3) is 0.100. The van der Waals surface area contributed by atoms with Crippen molar-refractivity contribution in [3.63, 3.8) is 0 Å². The molecular weight excluding hydrogens is 415 g/mol. The molecule has 1 amide bonds. The molecule has 0 bridgehead atoms. The van der Waals surface area contributed by atoms with E-state index >= 15 is 0 Å². The molecule has 0 saturated carbocycles. The Hall–Kier alpha value is -3.53. The van der Waals surface area contributed by atoms with E-state index in [1.165, 1.54) is 12.4 Å². The third kappa shape index (κ3) is 3.81. The number of nitrogens with one attached hydrogen (secondary N) is 1. The van der Waals surface area contributed by atoms with Crippen LogP contribution in [0.3, 0.4) is 0 Å². The Labute approximate surface area is 172 Å². The molecule has 4 heterocycles. The normalized spacial score (nSPS) is 11.6. The maximum atomic E-state index is 13.8. The van der Waals surface area contributed by atoms with E-state index in [9.17, 15) is 18.0 Å². The van der Waals surface area contributed by atoms with Gasteiger partial charge in [-0.2, -0.15) is 13.2 Å². The summed E-state index contributed by atoms with van der Waals surface area (Å²) in [5, 5.41) is 2.39. The predicted molar refractivity (Wildman–Crippen MR) is 108 cm³/mol. The van der Waals surface area contributed by atoms with Crippen LogP contribution in [0.15, 0.2) is 55.1 Å². The zero-order valence-electron chi connectivity index (χ0n) is 15.3. The van der Waals surface area contributed by atoms with Crippen molar-refractivity contribution in [3.8, 4) is 11.3 Å². The van der Waals surface area contributed by atoms with E-state index in [0.717, 1.165) is 23.0 Å². The average molecular weight is 429 g/mol. The second kappa shape index (κ2) is 7.71. The Bertz CT molecular complexity index is 1210. The molecule has 4 rings (SSSR count). The fourth-order valence-electron chi connectivity index (χ4n) is 2.95. The van der Waals surface area contributed by atoms with Gasteiger partial charge in [-0.25, -0.2) is 4.98 Å². The van der Waals surface area contributed by atoms with Gasteiger partial charge in [-0.3, -0.25) is 14.8 Å². The van der Waals surface area contributed by atoms with E-state index in [2.05, 4.69) is 20.3 Å². The van der Waals surface area contributed by atoms with Gasteiger partial charge < -0.3 is 11.1 Å². The Morgan fingerprint density at radius 3 is 2.57 bits per heavy atom. The molecule has 6 nitrogen and oxygen atoms in total. The van der Waals surface area contributed by atoms with Gasteiger partial charge in [0.1, 0.15) is 9.71 Å². The van der Waals surface area contributed by atoms with Crippen LogP contribution in [0.1, 0.15) is 20.8 Å². The molecule has 0 atom stereocenters. The lowest BCUT2D eigenvalue weighted by atomic mass is 10.1. The Morgan fingerprint density at radius 1 is 1.13 bits per heavy atom. The van der Waals surface area contributed by atoms with Crippen LogP contribution in [0.2, 0.25) is 0 Å². The van der Waals surface area contributed by atoms with Crippen LogP contribution in [-0.4, -0.2) is 20.9 Å². The largest absolute Gasteiger partial charge is 0.417 e. The number of aromatic nitrogens is 3. The molecule has 152 valence electrons. The monoisotopic (exact) mass is 429 g/mol. The van der Waals surface area contributed by atoms with Gasteiger partial charge in [-0.05, 0) is 29.8 Å². The molecule has 0 aliphatic heterocycles. The van der Waals surface area contributed by atoms with Crippen molar-refractivity contribution < 1.29 is 18.0 Å². The summed E-state index contributed by atoms with van der Waals surface area (Å²) in [6.07, 6.45) is 1.45. The summed E-state index contributed by atoms with van der Waals surface area (Å²) in [7, 11) is 0. The number of rotatable bonds is 4. The first-order valence-corrected chi connectivity index (χ1v) is 9.54. The number of anilines is 1. The second-order valence-electron chi connectivity index (χ2n) is 6.36. The van der Waals surface area contributed by atoms with Crippen molar-refractivity contribution in [1.29, 1.82) is 0 Å². The van der Waals surface area contributed by atoms with Crippen LogP contribution in [-0.2, 0) is 12.7 Å². The maximum absolute atomic E-state index is 13.8. The molecule has 0 aromatic carbocycles. The number of carbonyl (C=O) groups is 1. The molecule has 0 fully saturated rings. The lowest BCUT2D eigenvalue weighted by Crippen LogP contribution is -2.22. The first-order valence-electron chi connectivity index (χ1n) is 8.72.